The molecule has 0 N–H and O–H groups in total. The van der Waals surface area contributed by atoms with E-state index in [1.165, 1.54) is 96.9 Å². The molecular weight excluding hydrogens is 1010 g/mol. The normalized spacial score (nSPS) is 13.0. The van der Waals surface area contributed by atoms with E-state index in [0.29, 0.717) is 0 Å². The predicted molar refractivity (Wildman–Crippen MR) is 339 cm³/mol. The number of nitrogens with zero attached hydrogens (tertiary/aromatic N) is 2. The smallest absolute Gasteiger partial charge is 0.256 e. The molecule has 374 valence electrons. The minimum atomic E-state index is -0.118. The highest BCUT2D eigenvalue weighted by atomic mass is 32.2. The summed E-state index contributed by atoms with van der Waals surface area (Å²) in [7, 11) is 0. The van der Waals surface area contributed by atoms with Crippen LogP contribution in [-0.4, -0.2) is 13.4 Å². The Morgan fingerprint density at radius 2 is 0.875 bits per heavy atom. The van der Waals surface area contributed by atoms with Crippen molar-refractivity contribution in [1.29, 1.82) is 0 Å². The van der Waals surface area contributed by atoms with E-state index in [0.717, 1.165) is 51.2 Å². The number of anilines is 6. The van der Waals surface area contributed by atoms with Crippen LogP contribution in [0.15, 0.2) is 293 Å². The standard InChI is InChI=1S/C73H48B2N2OS2/c1-47-72-60(46-61-73(47)80-68-43-51(42-67-71(68)75(61)59-38-19-22-41-66(59)79-67)69-56(49-26-9-3-10-27-49)35-23-36-57(69)50-28-11-4-12-29-50)74-58-37-18-21-40-63(58)77(62-39-20-17-34-55(62)48-24-7-2-8-25-48)64-44-54(45-65(78-72)70(64)74)76(52-30-13-5-14-31-52)53-32-15-6-16-33-53/h2-46H,1H3. The Bertz CT molecular complexity index is 4330. The molecule has 0 aliphatic carbocycles. The Morgan fingerprint density at radius 3 is 1.52 bits per heavy atom. The molecule has 0 saturated heterocycles. The summed E-state index contributed by atoms with van der Waals surface area (Å²) in [5, 5.41) is 0. The molecule has 0 aromatic heterocycles. The van der Waals surface area contributed by atoms with Crippen LogP contribution in [0.3, 0.4) is 0 Å². The maximum Gasteiger partial charge on any atom is 0.256 e. The molecule has 4 aliphatic heterocycles. The molecule has 0 spiro atoms. The summed E-state index contributed by atoms with van der Waals surface area (Å²) in [5.41, 5.74) is 25.1. The highest BCUT2D eigenvalue weighted by Crippen LogP contribution is 2.51. The van der Waals surface area contributed by atoms with Crippen LogP contribution in [-0.2, 0) is 0 Å². The van der Waals surface area contributed by atoms with Crippen molar-refractivity contribution < 1.29 is 4.74 Å². The Balaban J connectivity index is 0.933. The lowest BCUT2D eigenvalue weighted by atomic mass is 9.31. The first-order valence-corrected chi connectivity index (χ1v) is 29.1. The molecule has 80 heavy (non-hydrogen) atoms. The van der Waals surface area contributed by atoms with Gasteiger partial charge in [-0.15, -0.1) is 0 Å². The van der Waals surface area contributed by atoms with E-state index in [-0.39, 0.29) is 13.4 Å². The molecule has 12 aromatic rings. The molecule has 0 amide bonds. The van der Waals surface area contributed by atoms with Crippen LogP contribution in [0.2, 0.25) is 0 Å². The Labute approximate surface area is 476 Å². The quantitative estimate of drug-likeness (QED) is 0.141. The third-order valence-electron chi connectivity index (χ3n) is 16.6. The third kappa shape index (κ3) is 7.49. The second-order valence-corrected chi connectivity index (χ2v) is 23.2. The van der Waals surface area contributed by atoms with E-state index in [1.807, 2.05) is 23.5 Å². The molecule has 4 heterocycles. The van der Waals surface area contributed by atoms with Crippen molar-refractivity contribution in [2.45, 2.75) is 26.5 Å². The van der Waals surface area contributed by atoms with Crippen LogP contribution >= 0.6 is 23.5 Å². The number of hydrogen-bond donors (Lipinski definition) is 0. The van der Waals surface area contributed by atoms with E-state index >= 15 is 0 Å². The van der Waals surface area contributed by atoms with Crippen LogP contribution in [0.4, 0.5) is 34.1 Å². The molecule has 0 radical (unpaired) electrons. The van der Waals surface area contributed by atoms with E-state index in [9.17, 15) is 0 Å². The van der Waals surface area contributed by atoms with Gasteiger partial charge in [-0.2, -0.15) is 0 Å². The number of fused-ring (bicyclic) bond motifs is 8. The summed E-state index contributed by atoms with van der Waals surface area (Å²) < 4.78 is 7.71. The summed E-state index contributed by atoms with van der Waals surface area (Å²) in [5.74, 6) is 1.80. The summed E-state index contributed by atoms with van der Waals surface area (Å²) >= 11 is 3.84. The van der Waals surface area contributed by atoms with Gasteiger partial charge in [0.15, 0.2) is 0 Å². The van der Waals surface area contributed by atoms with Crippen LogP contribution in [0.25, 0.3) is 44.5 Å². The van der Waals surface area contributed by atoms with Gasteiger partial charge in [-0.3, -0.25) is 0 Å². The molecule has 7 heteroatoms. The fraction of sp³-hybridized carbons (Fsp3) is 0.0137. The van der Waals surface area contributed by atoms with Gasteiger partial charge in [-0.05, 0) is 128 Å². The van der Waals surface area contributed by atoms with Crippen molar-refractivity contribution >= 4 is 104 Å². The Morgan fingerprint density at radius 1 is 0.362 bits per heavy atom. The molecular formula is C73H48B2N2OS2. The van der Waals surface area contributed by atoms with Crippen molar-refractivity contribution in [3.8, 4) is 56.0 Å². The molecule has 0 saturated carbocycles. The first-order valence-electron chi connectivity index (χ1n) is 27.5. The summed E-state index contributed by atoms with van der Waals surface area (Å²) in [6.07, 6.45) is 0. The second kappa shape index (κ2) is 19.1. The van der Waals surface area contributed by atoms with Crippen LogP contribution in [0, 0.1) is 6.92 Å². The van der Waals surface area contributed by atoms with E-state index < -0.39 is 0 Å². The molecule has 0 unspecified atom stereocenters. The number of rotatable bonds is 8. The highest BCUT2D eigenvalue weighted by molar-refractivity contribution is 8.01. The van der Waals surface area contributed by atoms with Gasteiger partial charge in [-0.1, -0.05) is 241 Å². The van der Waals surface area contributed by atoms with Gasteiger partial charge in [0.2, 0.25) is 6.71 Å². The number of hydrogen-bond acceptors (Lipinski definition) is 5. The third-order valence-corrected chi connectivity index (χ3v) is 19.0. The number of para-hydroxylation sites is 4. The summed E-state index contributed by atoms with van der Waals surface area (Å²) in [4.78, 5) is 10.0. The largest absolute Gasteiger partial charge is 0.458 e. The van der Waals surface area contributed by atoms with Gasteiger partial charge in [-0.25, -0.2) is 0 Å². The molecule has 16 rings (SSSR count). The maximum absolute atomic E-state index is 7.71. The number of ether oxygens (including phenoxy) is 1. The Hall–Kier alpha value is -9.13. The zero-order valence-corrected chi connectivity index (χ0v) is 45.4. The monoisotopic (exact) mass is 1050 g/mol. The minimum Gasteiger partial charge on any atom is -0.458 e. The molecule has 4 aliphatic rings. The predicted octanol–water partition coefficient (Wildman–Crippen LogP) is 16.0. The molecule has 0 atom stereocenters. The van der Waals surface area contributed by atoms with Gasteiger partial charge in [0, 0.05) is 59.5 Å². The van der Waals surface area contributed by atoms with Gasteiger partial charge in [0.25, 0.3) is 6.71 Å². The molecule has 0 fully saturated rings. The van der Waals surface area contributed by atoms with Crippen molar-refractivity contribution in [1.82, 2.24) is 0 Å². The van der Waals surface area contributed by atoms with E-state index in [2.05, 4.69) is 290 Å². The second-order valence-electron chi connectivity index (χ2n) is 21.1. The SMILES string of the molecule is Cc1c2c(cc3c1Sc1cc(-c4c(-c5ccccc5)cccc4-c4ccccc4)cc4c1B3c1ccccc1S4)B1c3ccccc3N(c3ccccc3-c3ccccc3)c3cc(N(c4ccccc4)c4ccccc4)cc(c31)O2. The lowest BCUT2D eigenvalue weighted by molar-refractivity contribution is 0.482. The molecule has 0 bridgehead atoms. The van der Waals surface area contributed by atoms with E-state index in [4.69, 9.17) is 4.74 Å². The summed E-state index contributed by atoms with van der Waals surface area (Å²) in [6, 6.07) is 100. The highest BCUT2D eigenvalue weighted by Gasteiger charge is 2.47. The fourth-order valence-electron chi connectivity index (χ4n) is 13.2. The summed E-state index contributed by atoms with van der Waals surface area (Å²) in [6.45, 7) is 2.22. The first-order chi connectivity index (χ1) is 39.6. The fourth-order valence-corrected chi connectivity index (χ4v) is 15.7. The van der Waals surface area contributed by atoms with Gasteiger partial charge >= 0.3 is 0 Å². The zero-order chi connectivity index (χ0) is 52.8. The lowest BCUT2D eigenvalue weighted by Gasteiger charge is -2.42. The van der Waals surface area contributed by atoms with Crippen molar-refractivity contribution in [3.05, 3.63) is 279 Å². The van der Waals surface area contributed by atoms with Gasteiger partial charge < -0.3 is 14.5 Å². The van der Waals surface area contributed by atoms with Crippen molar-refractivity contribution in [2.24, 2.45) is 0 Å². The van der Waals surface area contributed by atoms with E-state index in [1.54, 1.807) is 0 Å². The van der Waals surface area contributed by atoms with Crippen LogP contribution in [0.5, 0.6) is 11.5 Å². The van der Waals surface area contributed by atoms with Gasteiger partial charge in [0.05, 0.1) is 11.4 Å². The number of benzene rings is 12. The van der Waals surface area contributed by atoms with Crippen molar-refractivity contribution in [2.75, 3.05) is 9.80 Å². The molecule has 12 aromatic carbocycles. The van der Waals surface area contributed by atoms with Crippen molar-refractivity contribution in [3.63, 3.8) is 0 Å². The lowest BCUT2D eigenvalue weighted by Crippen LogP contribution is -2.63. The van der Waals surface area contributed by atoms with Gasteiger partial charge in [0.1, 0.15) is 11.5 Å². The topological polar surface area (TPSA) is 15.7 Å². The van der Waals surface area contributed by atoms with Crippen LogP contribution in [0.1, 0.15) is 5.56 Å². The maximum atomic E-state index is 7.71. The minimum absolute atomic E-state index is 0.0198. The average molecular weight is 1050 g/mol. The van der Waals surface area contributed by atoms with Crippen LogP contribution < -0.4 is 47.3 Å². The zero-order valence-electron chi connectivity index (χ0n) is 43.8. The Kier molecular flexibility index (Phi) is 11.2. The molecule has 3 nitrogen and oxygen atoms in total. The average Bonchev–Trinajstić information content (AvgIpc) is 3.59. The first kappa shape index (κ1) is 46.9.